The summed E-state index contributed by atoms with van der Waals surface area (Å²) in [6, 6.07) is 4.34. The molecule has 1 aromatic carbocycles. The van der Waals surface area contributed by atoms with Crippen molar-refractivity contribution >= 4 is 35.0 Å². The standard InChI is InChI=1S/C31H34ClF5N8O3/c1-42-24(22-17-45(41-25(22)31(35,36)37)16-18-13-30(33,34)14-18)15-39-26(42)27(46)40-20-2-3-21(23(32)12-20)29(48)44-10-8-43(9-11-44)28(47)19-4-6-38-7-5-19/h2-3,12,15,17-19,38H,4-11,13-14,16H2,1H3,(H,40,46). The van der Waals surface area contributed by atoms with Crippen LogP contribution >= 0.6 is 11.6 Å². The van der Waals surface area contributed by atoms with Gasteiger partial charge in [0, 0.05) is 70.4 Å². The number of carbonyl (C=O) groups is 3. The van der Waals surface area contributed by atoms with Crippen molar-refractivity contribution in [3.63, 3.8) is 0 Å². The lowest BCUT2D eigenvalue weighted by Gasteiger charge is -2.37. The normalized spacial score (nSPS) is 18.9. The molecule has 11 nitrogen and oxygen atoms in total. The Morgan fingerprint density at radius 2 is 1.73 bits per heavy atom. The minimum absolute atomic E-state index is 0.00142. The molecule has 0 bridgehead atoms. The maximum absolute atomic E-state index is 13.9. The molecule has 2 aliphatic heterocycles. The zero-order valence-electron chi connectivity index (χ0n) is 26.0. The summed E-state index contributed by atoms with van der Waals surface area (Å²) in [6.07, 6.45) is -1.85. The minimum Gasteiger partial charge on any atom is -0.339 e. The molecule has 3 aromatic rings. The lowest BCUT2D eigenvalue weighted by molar-refractivity contribution is -0.141. The van der Waals surface area contributed by atoms with E-state index in [9.17, 15) is 36.3 Å². The number of hydrogen-bond donors (Lipinski definition) is 2. The van der Waals surface area contributed by atoms with Crippen LogP contribution in [0.25, 0.3) is 11.3 Å². The number of benzene rings is 1. The molecule has 1 aliphatic carbocycles. The zero-order chi connectivity index (χ0) is 34.4. The first-order chi connectivity index (χ1) is 22.7. The number of halogens is 6. The highest BCUT2D eigenvalue weighted by molar-refractivity contribution is 6.34. The summed E-state index contributed by atoms with van der Waals surface area (Å²) in [6.45, 7) is 3.10. The van der Waals surface area contributed by atoms with Crippen LogP contribution in [-0.2, 0) is 24.6 Å². The molecule has 2 N–H and O–H groups in total. The van der Waals surface area contributed by atoms with Crippen molar-refractivity contribution in [1.29, 1.82) is 0 Å². The fourth-order valence-corrected chi connectivity index (χ4v) is 6.80. The van der Waals surface area contributed by atoms with Crippen molar-refractivity contribution in [3.05, 3.63) is 52.7 Å². The van der Waals surface area contributed by atoms with Crippen molar-refractivity contribution in [2.45, 2.75) is 44.3 Å². The van der Waals surface area contributed by atoms with Gasteiger partial charge in [0.15, 0.2) is 11.5 Å². The number of piperidine rings is 1. The smallest absolute Gasteiger partial charge is 0.339 e. The maximum atomic E-state index is 13.9. The molecule has 258 valence electrons. The predicted molar refractivity (Wildman–Crippen MR) is 165 cm³/mol. The summed E-state index contributed by atoms with van der Waals surface area (Å²) >= 11 is 6.45. The Bertz CT molecular complexity index is 1700. The molecule has 2 aromatic heterocycles. The molecule has 3 fully saturated rings. The third-order valence-electron chi connectivity index (χ3n) is 9.14. The van der Waals surface area contributed by atoms with Crippen LogP contribution in [0.5, 0.6) is 0 Å². The van der Waals surface area contributed by atoms with Gasteiger partial charge in [-0.25, -0.2) is 13.8 Å². The van der Waals surface area contributed by atoms with Crippen LogP contribution in [0, 0.1) is 11.8 Å². The summed E-state index contributed by atoms with van der Waals surface area (Å²) in [5.74, 6) is -4.46. The van der Waals surface area contributed by atoms with Crippen molar-refractivity contribution in [2.75, 3.05) is 44.6 Å². The van der Waals surface area contributed by atoms with Crippen LogP contribution in [0.4, 0.5) is 27.6 Å². The van der Waals surface area contributed by atoms with Crippen molar-refractivity contribution in [1.82, 2.24) is 34.4 Å². The minimum atomic E-state index is -4.84. The van der Waals surface area contributed by atoms with Gasteiger partial charge < -0.3 is 25.0 Å². The van der Waals surface area contributed by atoms with Crippen molar-refractivity contribution in [2.24, 2.45) is 18.9 Å². The van der Waals surface area contributed by atoms with E-state index in [0.29, 0.717) is 26.2 Å². The number of alkyl halides is 5. The van der Waals surface area contributed by atoms with Crippen LogP contribution < -0.4 is 10.6 Å². The third kappa shape index (κ3) is 7.04. The van der Waals surface area contributed by atoms with Gasteiger partial charge in [-0.1, -0.05) is 11.6 Å². The molecule has 0 radical (unpaired) electrons. The molecule has 0 spiro atoms. The molecule has 48 heavy (non-hydrogen) atoms. The van der Waals surface area contributed by atoms with Crippen LogP contribution in [0.1, 0.15) is 52.4 Å². The molecule has 17 heteroatoms. The van der Waals surface area contributed by atoms with E-state index >= 15 is 0 Å². The second kappa shape index (κ2) is 13.1. The van der Waals surface area contributed by atoms with Crippen LogP contribution in [0.15, 0.2) is 30.6 Å². The highest BCUT2D eigenvalue weighted by atomic mass is 35.5. The number of hydrogen-bond acceptors (Lipinski definition) is 6. The van der Waals surface area contributed by atoms with Gasteiger partial charge in [0.05, 0.1) is 28.0 Å². The van der Waals surface area contributed by atoms with E-state index < -0.39 is 42.5 Å². The topological polar surface area (TPSA) is 117 Å². The van der Waals surface area contributed by atoms with Gasteiger partial charge in [-0.15, -0.1) is 0 Å². The predicted octanol–water partition coefficient (Wildman–Crippen LogP) is 4.54. The molecular formula is C31H34ClF5N8O3. The number of carbonyl (C=O) groups excluding carboxylic acids is 3. The lowest BCUT2D eigenvalue weighted by Crippen LogP contribution is -2.52. The highest BCUT2D eigenvalue weighted by Gasteiger charge is 2.46. The van der Waals surface area contributed by atoms with Gasteiger partial charge >= 0.3 is 6.18 Å². The van der Waals surface area contributed by atoms with E-state index in [4.69, 9.17) is 11.6 Å². The SMILES string of the molecule is Cn1c(-c2cn(CC3CC(F)(F)C3)nc2C(F)(F)F)cnc1C(=O)Nc1ccc(C(=O)N2CCN(C(=O)C3CCNCC3)CC2)c(Cl)c1. The average Bonchev–Trinajstić information content (AvgIpc) is 3.63. The fraction of sp³-hybridized carbons (Fsp3) is 0.516. The summed E-state index contributed by atoms with van der Waals surface area (Å²) in [4.78, 5) is 46.7. The molecule has 1 saturated carbocycles. The van der Waals surface area contributed by atoms with E-state index in [1.54, 1.807) is 9.80 Å². The van der Waals surface area contributed by atoms with Gasteiger partial charge in [-0.3, -0.25) is 19.1 Å². The van der Waals surface area contributed by atoms with E-state index in [0.717, 1.165) is 43.0 Å². The summed E-state index contributed by atoms with van der Waals surface area (Å²) in [5.41, 5.74) is -1.16. The molecule has 3 amide bonds. The zero-order valence-corrected chi connectivity index (χ0v) is 26.8. The quantitative estimate of drug-likeness (QED) is 0.351. The second-order valence-electron chi connectivity index (χ2n) is 12.6. The van der Waals surface area contributed by atoms with Crippen molar-refractivity contribution in [3.8, 4) is 11.3 Å². The van der Waals surface area contributed by atoms with Gasteiger partial charge in [-0.2, -0.15) is 18.3 Å². The van der Waals surface area contributed by atoms with E-state index in [1.807, 2.05) is 0 Å². The van der Waals surface area contributed by atoms with Gasteiger partial charge in [-0.05, 0) is 50.0 Å². The number of piperazine rings is 1. The number of rotatable bonds is 7. The molecule has 0 atom stereocenters. The van der Waals surface area contributed by atoms with Crippen LogP contribution in [-0.4, -0.2) is 92.0 Å². The first-order valence-corrected chi connectivity index (χ1v) is 16.0. The molecule has 2 saturated heterocycles. The number of nitrogens with one attached hydrogen (secondary N) is 2. The Hall–Kier alpha value is -4.05. The average molecular weight is 697 g/mol. The van der Waals surface area contributed by atoms with E-state index in [1.165, 1.54) is 29.8 Å². The Kier molecular flexibility index (Phi) is 9.24. The monoisotopic (exact) mass is 696 g/mol. The lowest BCUT2D eigenvalue weighted by atomic mass is 9.81. The molecule has 4 heterocycles. The number of anilines is 1. The van der Waals surface area contributed by atoms with Gasteiger partial charge in [0.2, 0.25) is 11.8 Å². The fourth-order valence-electron chi connectivity index (χ4n) is 6.54. The Morgan fingerprint density at radius 3 is 2.35 bits per heavy atom. The summed E-state index contributed by atoms with van der Waals surface area (Å²) in [5, 5.41) is 9.56. The number of aromatic nitrogens is 4. The maximum Gasteiger partial charge on any atom is 0.435 e. The number of amides is 3. The first kappa shape index (κ1) is 33.8. The molecule has 6 rings (SSSR count). The van der Waals surface area contributed by atoms with Crippen molar-refractivity contribution < 1.29 is 36.3 Å². The van der Waals surface area contributed by atoms with Gasteiger partial charge in [0.1, 0.15) is 0 Å². The summed E-state index contributed by atoms with van der Waals surface area (Å²) in [7, 11) is 1.37. The Balaban J connectivity index is 1.10. The Labute approximate surface area is 277 Å². The molecular weight excluding hydrogens is 663 g/mol. The van der Waals surface area contributed by atoms with Gasteiger partial charge in [0.25, 0.3) is 11.8 Å². The highest BCUT2D eigenvalue weighted by Crippen LogP contribution is 2.44. The van der Waals surface area contributed by atoms with Crippen LogP contribution in [0.3, 0.4) is 0 Å². The second-order valence-corrected chi connectivity index (χ2v) is 13.0. The number of nitrogens with zero attached hydrogens (tertiary/aromatic N) is 6. The molecule has 3 aliphatic rings. The Morgan fingerprint density at radius 1 is 1.06 bits per heavy atom. The largest absolute Gasteiger partial charge is 0.435 e. The van der Waals surface area contributed by atoms with E-state index in [-0.39, 0.29) is 57.6 Å². The third-order valence-corrected chi connectivity index (χ3v) is 9.45. The number of imidazole rings is 1. The first-order valence-electron chi connectivity index (χ1n) is 15.6. The molecule has 0 unspecified atom stereocenters. The van der Waals surface area contributed by atoms with E-state index in [2.05, 4.69) is 20.7 Å². The summed E-state index contributed by atoms with van der Waals surface area (Å²) < 4.78 is 70.4. The van der Waals surface area contributed by atoms with Crippen LogP contribution in [0.2, 0.25) is 5.02 Å².